The first-order valence-corrected chi connectivity index (χ1v) is 3.78. The third-order valence-electron chi connectivity index (χ3n) is 2.83. The molecule has 0 aromatic heterocycles. The minimum atomic E-state index is 0.769. The molecule has 0 aromatic carbocycles. The molecule has 0 aliphatic heterocycles. The molecule has 2 aliphatic rings. The molecule has 0 amide bonds. The fourth-order valence-electron chi connectivity index (χ4n) is 2.05. The normalized spacial score (nSPS) is 29.8. The summed E-state index contributed by atoms with van der Waals surface area (Å²) in [5.74, 6) is 0.769. The number of rotatable bonds is 2. The van der Waals surface area contributed by atoms with Gasteiger partial charge in [0.15, 0.2) is 0 Å². The topological polar surface area (TPSA) is 17.1 Å². The first kappa shape index (κ1) is 5.45. The predicted octanol–water partition coefficient (Wildman–Crippen LogP) is 1.77. The van der Waals surface area contributed by atoms with E-state index in [0.29, 0.717) is 0 Å². The van der Waals surface area contributed by atoms with Crippen LogP contribution in [0.5, 0.6) is 0 Å². The molecule has 0 radical (unpaired) electrons. The van der Waals surface area contributed by atoms with Gasteiger partial charge in [0, 0.05) is 6.42 Å². The molecular formula is C8H12O. The van der Waals surface area contributed by atoms with E-state index in [0.717, 1.165) is 24.0 Å². The van der Waals surface area contributed by atoms with E-state index in [1.54, 1.807) is 0 Å². The Morgan fingerprint density at radius 3 is 2.56 bits per heavy atom. The number of carbonyl (C=O) groups excluding carboxylic acids is 1. The van der Waals surface area contributed by atoms with Gasteiger partial charge in [-0.25, -0.2) is 0 Å². The lowest BCUT2D eigenvalue weighted by Gasteiger charge is -2.34. The Kier molecular flexibility index (Phi) is 0.961. The van der Waals surface area contributed by atoms with Crippen LogP contribution >= 0.6 is 0 Å². The van der Waals surface area contributed by atoms with Gasteiger partial charge in [0.2, 0.25) is 0 Å². The minimum Gasteiger partial charge on any atom is -0.303 e. The van der Waals surface area contributed by atoms with Gasteiger partial charge >= 0.3 is 0 Å². The van der Waals surface area contributed by atoms with Gasteiger partial charge in [0.05, 0.1) is 0 Å². The van der Waals surface area contributed by atoms with Crippen LogP contribution in [0.25, 0.3) is 0 Å². The average Bonchev–Trinajstić information content (AvgIpc) is 2.45. The second kappa shape index (κ2) is 1.59. The maximum Gasteiger partial charge on any atom is 0.120 e. The standard InChI is InChI=1S/C8H12O/c9-4-1-7-5-8(6-7)2-3-8/h4,7H,1-3,5-6H2. The van der Waals surface area contributed by atoms with Crippen molar-refractivity contribution in [3.63, 3.8) is 0 Å². The van der Waals surface area contributed by atoms with Crippen molar-refractivity contribution < 1.29 is 4.79 Å². The van der Waals surface area contributed by atoms with Gasteiger partial charge in [-0.1, -0.05) is 0 Å². The Morgan fingerprint density at radius 2 is 2.11 bits per heavy atom. The van der Waals surface area contributed by atoms with Crippen LogP contribution in [0.1, 0.15) is 32.1 Å². The van der Waals surface area contributed by atoms with Crippen LogP contribution in [0.4, 0.5) is 0 Å². The molecule has 2 fully saturated rings. The third kappa shape index (κ3) is 0.790. The molecule has 2 saturated carbocycles. The highest BCUT2D eigenvalue weighted by Gasteiger charge is 2.52. The number of carbonyl (C=O) groups is 1. The van der Waals surface area contributed by atoms with Crippen LogP contribution in [0.3, 0.4) is 0 Å². The van der Waals surface area contributed by atoms with Gasteiger partial charge in [0.25, 0.3) is 0 Å². The number of hydrogen-bond acceptors (Lipinski definition) is 1. The van der Waals surface area contributed by atoms with Crippen molar-refractivity contribution in [3.8, 4) is 0 Å². The van der Waals surface area contributed by atoms with Gasteiger partial charge < -0.3 is 4.79 Å². The van der Waals surface area contributed by atoms with E-state index in [4.69, 9.17) is 0 Å². The summed E-state index contributed by atoms with van der Waals surface area (Å²) >= 11 is 0. The van der Waals surface area contributed by atoms with E-state index in [2.05, 4.69) is 0 Å². The molecule has 0 unspecified atom stereocenters. The maximum absolute atomic E-state index is 10.0. The van der Waals surface area contributed by atoms with Crippen LogP contribution in [-0.4, -0.2) is 6.29 Å². The lowest BCUT2D eigenvalue weighted by atomic mass is 9.71. The Bertz CT molecular complexity index is 128. The van der Waals surface area contributed by atoms with Crippen LogP contribution < -0.4 is 0 Å². The summed E-state index contributed by atoms with van der Waals surface area (Å²) in [6.07, 6.45) is 7.49. The summed E-state index contributed by atoms with van der Waals surface area (Å²) in [6.45, 7) is 0. The summed E-state index contributed by atoms with van der Waals surface area (Å²) in [6, 6.07) is 0. The molecule has 2 rings (SSSR count). The van der Waals surface area contributed by atoms with Crippen molar-refractivity contribution in [1.82, 2.24) is 0 Å². The fourth-order valence-corrected chi connectivity index (χ4v) is 2.05. The molecule has 50 valence electrons. The molecule has 0 N–H and O–H groups in total. The van der Waals surface area contributed by atoms with Gasteiger partial charge in [-0.15, -0.1) is 0 Å². The first-order chi connectivity index (χ1) is 4.35. The van der Waals surface area contributed by atoms with E-state index in [-0.39, 0.29) is 0 Å². The van der Waals surface area contributed by atoms with Crippen LogP contribution in [0.2, 0.25) is 0 Å². The van der Waals surface area contributed by atoms with E-state index < -0.39 is 0 Å². The second-order valence-electron chi connectivity index (χ2n) is 3.68. The van der Waals surface area contributed by atoms with E-state index in [1.807, 2.05) is 0 Å². The van der Waals surface area contributed by atoms with Gasteiger partial charge in [-0.3, -0.25) is 0 Å². The molecule has 0 atom stereocenters. The largest absolute Gasteiger partial charge is 0.303 e. The summed E-state index contributed by atoms with van der Waals surface area (Å²) in [4.78, 5) is 10.0. The van der Waals surface area contributed by atoms with Crippen molar-refractivity contribution in [2.45, 2.75) is 32.1 Å². The van der Waals surface area contributed by atoms with Crippen molar-refractivity contribution >= 4 is 6.29 Å². The Labute approximate surface area is 55.4 Å². The summed E-state index contributed by atoms with van der Waals surface area (Å²) in [5.41, 5.74) is 0.785. The highest BCUT2D eigenvalue weighted by Crippen LogP contribution is 2.63. The van der Waals surface area contributed by atoms with Crippen LogP contribution in [0, 0.1) is 11.3 Å². The fraction of sp³-hybridized carbons (Fsp3) is 0.875. The van der Waals surface area contributed by atoms with Crippen molar-refractivity contribution in [1.29, 1.82) is 0 Å². The zero-order valence-electron chi connectivity index (χ0n) is 5.60. The highest BCUT2D eigenvalue weighted by molar-refractivity contribution is 5.50. The molecule has 0 aromatic rings. The van der Waals surface area contributed by atoms with Gasteiger partial charge in [0.1, 0.15) is 6.29 Å². The second-order valence-corrected chi connectivity index (χ2v) is 3.68. The molecule has 1 spiro atoms. The Balaban J connectivity index is 1.77. The number of hydrogen-bond donors (Lipinski definition) is 0. The molecule has 0 saturated heterocycles. The maximum atomic E-state index is 10.0. The predicted molar refractivity (Wildman–Crippen MR) is 35.1 cm³/mol. The van der Waals surface area contributed by atoms with Crippen LogP contribution in [0.15, 0.2) is 0 Å². The lowest BCUT2D eigenvalue weighted by molar-refractivity contribution is -0.109. The summed E-state index contributed by atoms with van der Waals surface area (Å²) in [7, 11) is 0. The van der Waals surface area contributed by atoms with Crippen molar-refractivity contribution in [3.05, 3.63) is 0 Å². The lowest BCUT2D eigenvalue weighted by Crippen LogP contribution is -2.24. The first-order valence-electron chi connectivity index (χ1n) is 3.78. The molecule has 1 nitrogen and oxygen atoms in total. The molecule has 1 heteroatoms. The average molecular weight is 124 g/mol. The quantitative estimate of drug-likeness (QED) is 0.513. The molecule has 2 aliphatic carbocycles. The highest BCUT2D eigenvalue weighted by atomic mass is 16.1. The van der Waals surface area contributed by atoms with Crippen LogP contribution in [-0.2, 0) is 4.79 Å². The smallest absolute Gasteiger partial charge is 0.120 e. The molecule has 0 bridgehead atoms. The zero-order chi connectivity index (χ0) is 6.32. The SMILES string of the molecule is O=CCC1CC2(CC2)C1. The van der Waals surface area contributed by atoms with Crippen molar-refractivity contribution in [2.75, 3.05) is 0 Å². The van der Waals surface area contributed by atoms with Gasteiger partial charge in [-0.2, -0.15) is 0 Å². The van der Waals surface area contributed by atoms with E-state index >= 15 is 0 Å². The summed E-state index contributed by atoms with van der Waals surface area (Å²) < 4.78 is 0. The third-order valence-corrected chi connectivity index (χ3v) is 2.83. The Morgan fingerprint density at radius 1 is 1.44 bits per heavy atom. The van der Waals surface area contributed by atoms with Crippen molar-refractivity contribution in [2.24, 2.45) is 11.3 Å². The monoisotopic (exact) mass is 124 g/mol. The molecular weight excluding hydrogens is 112 g/mol. The minimum absolute atomic E-state index is 0.769. The van der Waals surface area contributed by atoms with E-state index in [1.165, 1.54) is 25.7 Å². The number of aldehydes is 1. The Hall–Kier alpha value is -0.330. The van der Waals surface area contributed by atoms with Gasteiger partial charge in [-0.05, 0) is 37.0 Å². The zero-order valence-corrected chi connectivity index (χ0v) is 5.60. The van der Waals surface area contributed by atoms with E-state index in [9.17, 15) is 4.79 Å². The molecule has 9 heavy (non-hydrogen) atoms. The molecule has 0 heterocycles. The summed E-state index contributed by atoms with van der Waals surface area (Å²) in [5, 5.41) is 0.